The Kier molecular flexibility index (Phi) is 4.79. The molecule has 0 amide bonds. The Morgan fingerprint density at radius 2 is 2.09 bits per heavy atom. The first-order chi connectivity index (χ1) is 11.2. The maximum Gasteiger partial charge on any atom is 0.217 e. The number of aliphatic hydroxyl groups excluding tert-OH is 1. The maximum atomic E-state index is 10.1. The van der Waals surface area contributed by atoms with E-state index < -0.39 is 0 Å². The second kappa shape index (κ2) is 6.98. The van der Waals surface area contributed by atoms with Gasteiger partial charge in [0, 0.05) is 30.9 Å². The molecule has 5 heteroatoms. The number of nitrogens with zero attached hydrogens (tertiary/aromatic N) is 2. The van der Waals surface area contributed by atoms with Gasteiger partial charge in [0.2, 0.25) is 5.88 Å². The van der Waals surface area contributed by atoms with E-state index in [4.69, 9.17) is 9.47 Å². The zero-order chi connectivity index (χ0) is 16.2. The van der Waals surface area contributed by atoms with Crippen molar-refractivity contribution in [1.29, 1.82) is 0 Å². The van der Waals surface area contributed by atoms with Crippen LogP contribution in [0, 0.1) is 0 Å². The molecule has 1 saturated heterocycles. The number of β-amino-alcohol motifs (C(OH)–C–C–N with tert-alkyl or cyclic N) is 1. The highest BCUT2D eigenvalue weighted by Gasteiger charge is 2.32. The summed E-state index contributed by atoms with van der Waals surface area (Å²) in [6.45, 7) is 1.33. The Morgan fingerprint density at radius 3 is 2.87 bits per heavy atom. The van der Waals surface area contributed by atoms with Gasteiger partial charge in [-0.2, -0.15) is 0 Å². The van der Waals surface area contributed by atoms with Crippen LogP contribution in [0.4, 0.5) is 0 Å². The zero-order valence-electron chi connectivity index (χ0n) is 13.5. The number of benzene rings is 1. The number of hydrogen-bond donors (Lipinski definition) is 1. The fraction of sp³-hybridized carbons (Fsp3) is 0.389. The van der Waals surface area contributed by atoms with Crippen LogP contribution in [-0.4, -0.2) is 41.9 Å². The van der Waals surface area contributed by atoms with Gasteiger partial charge in [-0.1, -0.05) is 18.2 Å². The predicted molar refractivity (Wildman–Crippen MR) is 87.6 cm³/mol. The van der Waals surface area contributed by atoms with Crippen molar-refractivity contribution >= 4 is 0 Å². The second-order valence-corrected chi connectivity index (χ2v) is 5.78. The molecule has 1 fully saturated rings. The molecular formula is C18H22N2O3. The molecule has 5 nitrogen and oxygen atoms in total. The average Bonchev–Trinajstić information content (AvgIpc) is 2.96. The van der Waals surface area contributed by atoms with Crippen molar-refractivity contribution in [2.75, 3.05) is 20.8 Å². The summed E-state index contributed by atoms with van der Waals surface area (Å²) in [5.74, 6) is 1.47. The molecule has 1 N–H and O–H groups in total. The molecule has 1 aromatic carbocycles. The number of rotatable bonds is 5. The summed E-state index contributed by atoms with van der Waals surface area (Å²) in [5, 5.41) is 10.1. The standard InChI is InChI=1S/C18H22N2O3/c1-22-16-7-3-5-13(9-16)17-10-15(21)12-20(17)11-14-6-4-8-19-18(14)23-2/h3-9,15,17,21H,10-12H2,1-2H3/t15-,17+/m1/s1. The van der Waals surface area contributed by atoms with E-state index in [2.05, 4.69) is 16.0 Å². The average molecular weight is 314 g/mol. The Hall–Kier alpha value is -2.11. The van der Waals surface area contributed by atoms with Gasteiger partial charge in [0.1, 0.15) is 5.75 Å². The Morgan fingerprint density at radius 1 is 1.22 bits per heavy atom. The number of methoxy groups -OCH3 is 2. The third-order valence-corrected chi connectivity index (χ3v) is 4.28. The number of pyridine rings is 1. The van der Waals surface area contributed by atoms with E-state index in [0.717, 1.165) is 23.3 Å². The van der Waals surface area contributed by atoms with Crippen LogP contribution in [0.2, 0.25) is 0 Å². The molecule has 1 aliphatic rings. The SMILES string of the molecule is COc1cccc([C@@H]2C[C@@H](O)CN2Cc2cccnc2OC)c1. The lowest BCUT2D eigenvalue weighted by Crippen LogP contribution is -2.24. The summed E-state index contributed by atoms with van der Waals surface area (Å²) < 4.78 is 10.7. The molecule has 0 unspecified atom stereocenters. The molecule has 0 spiro atoms. The van der Waals surface area contributed by atoms with Crippen LogP contribution in [0.5, 0.6) is 11.6 Å². The molecule has 0 saturated carbocycles. The fourth-order valence-corrected chi connectivity index (χ4v) is 3.20. The van der Waals surface area contributed by atoms with Crippen LogP contribution in [0.1, 0.15) is 23.6 Å². The van der Waals surface area contributed by atoms with Crippen LogP contribution in [0.15, 0.2) is 42.6 Å². The van der Waals surface area contributed by atoms with Crippen molar-refractivity contribution in [2.45, 2.75) is 25.1 Å². The quantitative estimate of drug-likeness (QED) is 0.918. The Bertz CT molecular complexity index is 662. The Labute approximate surface area is 136 Å². The lowest BCUT2D eigenvalue weighted by molar-refractivity contribution is 0.172. The number of ether oxygens (including phenoxy) is 2. The molecule has 3 rings (SSSR count). The van der Waals surface area contributed by atoms with Crippen molar-refractivity contribution in [3.63, 3.8) is 0 Å². The van der Waals surface area contributed by atoms with Gasteiger partial charge in [-0.3, -0.25) is 4.90 Å². The van der Waals surface area contributed by atoms with Crippen molar-refractivity contribution < 1.29 is 14.6 Å². The van der Waals surface area contributed by atoms with E-state index in [-0.39, 0.29) is 12.1 Å². The number of aliphatic hydroxyl groups is 1. The normalized spacial score (nSPS) is 21.3. The third kappa shape index (κ3) is 3.46. The van der Waals surface area contributed by atoms with E-state index in [1.807, 2.05) is 30.3 Å². The molecule has 23 heavy (non-hydrogen) atoms. The summed E-state index contributed by atoms with van der Waals surface area (Å²) >= 11 is 0. The lowest BCUT2D eigenvalue weighted by atomic mass is 10.0. The summed E-state index contributed by atoms with van der Waals surface area (Å²) in [5.41, 5.74) is 2.18. The summed E-state index contributed by atoms with van der Waals surface area (Å²) in [7, 11) is 3.30. The van der Waals surface area contributed by atoms with E-state index in [1.165, 1.54) is 0 Å². The molecule has 1 aliphatic heterocycles. The third-order valence-electron chi connectivity index (χ3n) is 4.28. The molecule has 0 radical (unpaired) electrons. The Balaban J connectivity index is 1.84. The first-order valence-corrected chi connectivity index (χ1v) is 7.75. The van der Waals surface area contributed by atoms with Crippen molar-refractivity contribution in [3.05, 3.63) is 53.7 Å². The molecule has 1 aromatic heterocycles. The highest BCUT2D eigenvalue weighted by molar-refractivity contribution is 5.32. The van der Waals surface area contributed by atoms with Crippen LogP contribution >= 0.6 is 0 Å². The highest BCUT2D eigenvalue weighted by Crippen LogP contribution is 2.35. The van der Waals surface area contributed by atoms with Gasteiger partial charge in [-0.15, -0.1) is 0 Å². The van der Waals surface area contributed by atoms with Gasteiger partial charge in [-0.25, -0.2) is 4.98 Å². The monoisotopic (exact) mass is 314 g/mol. The van der Waals surface area contributed by atoms with Crippen LogP contribution < -0.4 is 9.47 Å². The molecule has 0 aliphatic carbocycles. The van der Waals surface area contributed by atoms with Gasteiger partial charge < -0.3 is 14.6 Å². The van der Waals surface area contributed by atoms with Gasteiger partial charge in [0.05, 0.1) is 20.3 Å². The van der Waals surface area contributed by atoms with Crippen LogP contribution in [0.25, 0.3) is 0 Å². The summed E-state index contributed by atoms with van der Waals surface area (Å²) in [6, 6.07) is 12.1. The minimum atomic E-state index is -0.325. The molecule has 2 heterocycles. The van der Waals surface area contributed by atoms with Crippen molar-refractivity contribution in [3.8, 4) is 11.6 Å². The number of likely N-dealkylation sites (tertiary alicyclic amines) is 1. The lowest BCUT2D eigenvalue weighted by Gasteiger charge is -2.25. The van der Waals surface area contributed by atoms with Crippen molar-refractivity contribution in [1.82, 2.24) is 9.88 Å². The smallest absolute Gasteiger partial charge is 0.217 e. The molecular weight excluding hydrogens is 292 g/mol. The van der Waals surface area contributed by atoms with Gasteiger partial charge in [0.15, 0.2) is 0 Å². The highest BCUT2D eigenvalue weighted by atomic mass is 16.5. The van der Waals surface area contributed by atoms with E-state index in [0.29, 0.717) is 19.0 Å². The summed E-state index contributed by atoms with van der Waals surface area (Å²) in [4.78, 5) is 6.51. The molecule has 122 valence electrons. The van der Waals surface area contributed by atoms with Crippen LogP contribution in [0.3, 0.4) is 0 Å². The van der Waals surface area contributed by atoms with E-state index in [9.17, 15) is 5.11 Å². The molecule has 2 atom stereocenters. The first kappa shape index (κ1) is 15.8. The van der Waals surface area contributed by atoms with E-state index >= 15 is 0 Å². The van der Waals surface area contributed by atoms with Gasteiger partial charge >= 0.3 is 0 Å². The largest absolute Gasteiger partial charge is 0.497 e. The first-order valence-electron chi connectivity index (χ1n) is 7.75. The zero-order valence-corrected chi connectivity index (χ0v) is 13.5. The van der Waals surface area contributed by atoms with E-state index in [1.54, 1.807) is 20.4 Å². The minimum absolute atomic E-state index is 0.157. The topological polar surface area (TPSA) is 54.8 Å². The molecule has 2 aromatic rings. The predicted octanol–water partition coefficient (Wildman–Crippen LogP) is 2.41. The fourth-order valence-electron chi connectivity index (χ4n) is 3.20. The maximum absolute atomic E-state index is 10.1. The minimum Gasteiger partial charge on any atom is -0.497 e. The van der Waals surface area contributed by atoms with Gasteiger partial charge in [0.25, 0.3) is 0 Å². The van der Waals surface area contributed by atoms with Gasteiger partial charge in [-0.05, 0) is 30.2 Å². The second-order valence-electron chi connectivity index (χ2n) is 5.78. The van der Waals surface area contributed by atoms with Crippen molar-refractivity contribution in [2.24, 2.45) is 0 Å². The number of hydrogen-bond acceptors (Lipinski definition) is 5. The molecule has 0 bridgehead atoms. The van der Waals surface area contributed by atoms with Crippen LogP contribution in [-0.2, 0) is 6.54 Å². The number of aromatic nitrogens is 1. The summed E-state index contributed by atoms with van der Waals surface area (Å²) in [6.07, 6.45) is 2.12.